The zero-order chi connectivity index (χ0) is 2.99. The highest BCUT2D eigenvalue weighted by atomic mass is 14.7. The van der Waals surface area contributed by atoms with Crippen molar-refractivity contribution in [3.8, 4) is 0 Å². The van der Waals surface area contributed by atoms with Crippen LogP contribution in [0.2, 0.25) is 0 Å². The topological polar surface area (TPSA) is 25.3 Å². The minimum atomic E-state index is 0.583. The fourth-order valence-electron chi connectivity index (χ4n) is 0.0962. The van der Waals surface area contributed by atoms with Crippen molar-refractivity contribution in [3.05, 3.63) is 0 Å². The van der Waals surface area contributed by atoms with E-state index in [0.717, 1.165) is 0 Å². The summed E-state index contributed by atoms with van der Waals surface area (Å²) in [4.78, 5) is 0. The van der Waals surface area contributed by atoms with E-state index in [9.17, 15) is 0 Å². The van der Waals surface area contributed by atoms with Gasteiger partial charge in [0.1, 0.15) is 6.04 Å². The van der Waals surface area contributed by atoms with E-state index in [1.54, 1.807) is 0 Å². The van der Waals surface area contributed by atoms with Crippen molar-refractivity contribution in [1.29, 1.82) is 0 Å². The molecule has 1 aliphatic carbocycles. The van der Waals surface area contributed by atoms with Gasteiger partial charge in [0.25, 0.3) is 0 Å². The van der Waals surface area contributed by atoms with Gasteiger partial charge in [-0.1, -0.05) is 0 Å². The molecule has 1 rings (SSSR count). The average Bonchev–Trinajstić information content (AvgIpc) is 1.75. The van der Waals surface area contributed by atoms with Gasteiger partial charge in [-0.25, -0.2) is 0 Å². The van der Waals surface area contributed by atoms with Gasteiger partial charge in [0, 0.05) is 12.8 Å². The predicted octanol–water partition coefficient (Wildman–Crippen LogP) is -0.824. The third-order valence-electron chi connectivity index (χ3n) is 0.622. The highest BCUT2D eigenvalue weighted by molar-refractivity contribution is 4.67. The Morgan fingerprint density at radius 2 is 1.75 bits per heavy atom. The fourth-order valence-corrected chi connectivity index (χ4v) is 0.0962. The summed E-state index contributed by atoms with van der Waals surface area (Å²) >= 11 is 0. The Hall–Kier alpha value is -0.0400. The van der Waals surface area contributed by atoms with Crippen LogP contribution in [0.5, 0.6) is 0 Å². The van der Waals surface area contributed by atoms with Crippen molar-refractivity contribution in [1.82, 2.24) is 0 Å². The monoisotopic (exact) mass is 57.1 g/mol. The molecule has 2 N–H and O–H groups in total. The lowest BCUT2D eigenvalue weighted by molar-refractivity contribution is -0.384. The minimum Gasteiger partial charge on any atom is -0.193 e. The molecule has 0 amide bonds. The van der Waals surface area contributed by atoms with Crippen molar-refractivity contribution >= 4 is 0 Å². The van der Waals surface area contributed by atoms with Gasteiger partial charge in [-0.15, -0.1) is 0 Å². The second-order valence-electron chi connectivity index (χ2n) is 1.34. The van der Waals surface area contributed by atoms with Crippen LogP contribution in [-0.2, 0) is 0 Å². The normalized spacial score (nSPS) is 26.2. The Morgan fingerprint density at radius 3 is 1.75 bits per heavy atom. The lowest BCUT2D eigenvalue weighted by atomic mass is 10.8. The quantitative estimate of drug-likeness (QED) is 0.376. The van der Waals surface area contributed by atoms with Gasteiger partial charge in [-0.3, -0.25) is 0 Å². The molecule has 4 heavy (non-hydrogen) atoms. The van der Waals surface area contributed by atoms with Crippen LogP contribution >= 0.6 is 0 Å². The van der Waals surface area contributed by atoms with E-state index >= 15 is 0 Å². The van der Waals surface area contributed by atoms with Gasteiger partial charge in [0.15, 0.2) is 0 Å². The molecule has 0 bridgehead atoms. The van der Waals surface area contributed by atoms with Gasteiger partial charge < -0.3 is 0 Å². The molecule has 0 unspecified atom stereocenters. The average molecular weight is 57.1 g/mol. The summed E-state index contributed by atoms with van der Waals surface area (Å²) in [5, 5.41) is 0. The van der Waals surface area contributed by atoms with Gasteiger partial charge >= 0.3 is 0 Å². The van der Waals surface area contributed by atoms with Crippen LogP contribution in [0.1, 0.15) is 12.8 Å². The highest BCUT2D eigenvalue weighted by Gasteiger charge is 2.21. The fraction of sp³-hybridized carbons (Fsp3) is 1.00. The maximum absolute atomic E-state index is 5.22. The second kappa shape index (κ2) is 0.462. The molecule has 0 aromatic carbocycles. The summed E-state index contributed by atoms with van der Waals surface area (Å²) in [6.07, 6.45) is 2.53. The molecule has 0 atom stereocenters. The van der Waals surface area contributed by atoms with Gasteiger partial charge in [-0.05, 0) is 0 Å². The SMILES string of the molecule is [NH2+]C1CC1. The molecule has 1 fully saturated rings. The van der Waals surface area contributed by atoms with Crippen molar-refractivity contribution < 1.29 is 5.73 Å². The zero-order valence-electron chi connectivity index (χ0n) is 2.57. The first-order valence-corrected chi connectivity index (χ1v) is 1.65. The number of hydrogen-bond donors (Lipinski definition) is 1. The maximum atomic E-state index is 5.22. The summed E-state index contributed by atoms with van der Waals surface area (Å²) in [5.74, 6) is 0. The first-order valence-electron chi connectivity index (χ1n) is 1.65. The number of nitrogens with two attached hydrogens (primary N) is 1. The molecule has 0 aromatic rings. The van der Waals surface area contributed by atoms with Gasteiger partial charge in [0.05, 0.1) is 0 Å². The van der Waals surface area contributed by atoms with Crippen LogP contribution in [0.3, 0.4) is 0 Å². The molecular weight excluding hydrogens is 50.0 g/mol. The molecule has 0 aromatic heterocycles. The van der Waals surface area contributed by atoms with E-state index in [-0.39, 0.29) is 0 Å². The molecule has 1 radical (unpaired) electrons. The molecule has 0 heterocycles. The largest absolute Gasteiger partial charge is 0.193 e. The van der Waals surface area contributed by atoms with E-state index in [1.165, 1.54) is 12.8 Å². The predicted molar refractivity (Wildman–Crippen MR) is 14.9 cm³/mol. The molecule has 0 aliphatic heterocycles. The second-order valence-corrected chi connectivity index (χ2v) is 1.34. The Labute approximate surface area is 25.8 Å². The van der Waals surface area contributed by atoms with Crippen LogP contribution in [-0.4, -0.2) is 6.04 Å². The summed E-state index contributed by atoms with van der Waals surface area (Å²) < 4.78 is 0. The Bertz CT molecular complexity index is 22.5. The standard InChI is InChI=1S/C3H7N/c4-3-1-2-3/h3H,1-2,4H2/q+1. The number of rotatable bonds is 0. The summed E-state index contributed by atoms with van der Waals surface area (Å²) in [6.45, 7) is 0. The van der Waals surface area contributed by atoms with Crippen LogP contribution in [0, 0.1) is 0 Å². The van der Waals surface area contributed by atoms with E-state index < -0.39 is 0 Å². The molecule has 1 heteroatoms. The van der Waals surface area contributed by atoms with E-state index in [0.29, 0.717) is 6.04 Å². The maximum Gasteiger partial charge on any atom is 0.129 e. The third-order valence-corrected chi connectivity index (χ3v) is 0.622. The third kappa shape index (κ3) is 0.206. The van der Waals surface area contributed by atoms with Gasteiger partial charge in [-0.2, -0.15) is 5.73 Å². The molecular formula is C3H7N+. The lowest BCUT2D eigenvalue weighted by Crippen LogP contribution is -2.52. The first kappa shape index (κ1) is 2.21. The van der Waals surface area contributed by atoms with Crippen molar-refractivity contribution in [2.24, 2.45) is 0 Å². The molecule has 1 nitrogen and oxygen atoms in total. The first-order chi connectivity index (χ1) is 1.89. The van der Waals surface area contributed by atoms with E-state index in [4.69, 9.17) is 5.73 Å². The molecule has 0 saturated heterocycles. The van der Waals surface area contributed by atoms with Crippen LogP contribution in [0.4, 0.5) is 0 Å². The summed E-state index contributed by atoms with van der Waals surface area (Å²) in [5.41, 5.74) is 5.22. The smallest absolute Gasteiger partial charge is 0.129 e. The molecule has 1 saturated carbocycles. The van der Waals surface area contributed by atoms with Crippen LogP contribution in [0.15, 0.2) is 0 Å². The Balaban J connectivity index is 2.17. The molecule has 0 spiro atoms. The number of hydrogen-bond acceptors (Lipinski definition) is 1. The van der Waals surface area contributed by atoms with Crippen LogP contribution in [0.25, 0.3) is 0 Å². The van der Waals surface area contributed by atoms with Crippen molar-refractivity contribution in [2.45, 2.75) is 18.9 Å². The lowest BCUT2D eigenvalue weighted by Gasteiger charge is -1.46. The zero-order valence-corrected chi connectivity index (χ0v) is 2.57. The van der Waals surface area contributed by atoms with Crippen molar-refractivity contribution in [3.63, 3.8) is 0 Å². The van der Waals surface area contributed by atoms with Crippen molar-refractivity contribution in [2.75, 3.05) is 0 Å². The summed E-state index contributed by atoms with van der Waals surface area (Å²) in [7, 11) is 0. The van der Waals surface area contributed by atoms with E-state index in [2.05, 4.69) is 0 Å². The molecule has 1 aliphatic rings. The summed E-state index contributed by atoms with van der Waals surface area (Å²) in [6, 6.07) is 0.583. The highest BCUT2D eigenvalue weighted by Crippen LogP contribution is 2.11. The van der Waals surface area contributed by atoms with E-state index in [1.807, 2.05) is 0 Å². The van der Waals surface area contributed by atoms with Crippen LogP contribution < -0.4 is 5.73 Å². The molecule has 23 valence electrons. The Kier molecular flexibility index (Phi) is 0.256. The Morgan fingerprint density at radius 1 is 1.50 bits per heavy atom. The minimum absolute atomic E-state index is 0.583. The van der Waals surface area contributed by atoms with Gasteiger partial charge in [0.2, 0.25) is 0 Å².